The van der Waals surface area contributed by atoms with Gasteiger partial charge in [0.05, 0.1) is 24.7 Å². The summed E-state index contributed by atoms with van der Waals surface area (Å²) in [5, 5.41) is 22.4. The summed E-state index contributed by atoms with van der Waals surface area (Å²) < 4.78 is 9.99. The third-order valence-electron chi connectivity index (χ3n) is 2.29. The van der Waals surface area contributed by atoms with Crippen molar-refractivity contribution in [1.82, 2.24) is 4.98 Å². The lowest BCUT2D eigenvalue weighted by Gasteiger charge is -2.07. The molecule has 0 atom stereocenters. The Hall–Kier alpha value is -2.26. The van der Waals surface area contributed by atoms with E-state index >= 15 is 0 Å². The number of nitro groups is 1. The van der Waals surface area contributed by atoms with Crippen molar-refractivity contribution < 1.29 is 24.3 Å². The number of rotatable bonds is 9. The number of aromatic carboxylic acids is 1. The highest BCUT2D eigenvalue weighted by Gasteiger charge is 2.20. The largest absolute Gasteiger partial charge is 0.477 e. The van der Waals surface area contributed by atoms with Gasteiger partial charge in [-0.15, -0.1) is 0 Å². The van der Waals surface area contributed by atoms with Crippen LogP contribution >= 0.6 is 0 Å². The Balaban J connectivity index is 2.57. The molecule has 9 nitrogen and oxygen atoms in total. The van der Waals surface area contributed by atoms with Crippen molar-refractivity contribution in [3.05, 3.63) is 27.9 Å². The van der Waals surface area contributed by atoms with Gasteiger partial charge in [0.25, 0.3) is 0 Å². The predicted molar refractivity (Wildman–Crippen MR) is 69.0 cm³/mol. The van der Waals surface area contributed by atoms with E-state index in [0.717, 1.165) is 12.3 Å². The number of carbonyl (C=O) groups is 1. The molecule has 0 aliphatic heterocycles. The van der Waals surface area contributed by atoms with Gasteiger partial charge in [-0.1, -0.05) is 0 Å². The molecule has 0 saturated heterocycles. The minimum atomic E-state index is -1.38. The maximum absolute atomic E-state index is 10.9. The third-order valence-corrected chi connectivity index (χ3v) is 2.29. The normalized spacial score (nSPS) is 10.2. The van der Waals surface area contributed by atoms with Crippen molar-refractivity contribution >= 4 is 17.5 Å². The lowest BCUT2D eigenvalue weighted by molar-refractivity contribution is -0.385. The first-order valence-electron chi connectivity index (χ1n) is 5.74. The van der Waals surface area contributed by atoms with Crippen LogP contribution in [0.3, 0.4) is 0 Å². The molecule has 1 heterocycles. The van der Waals surface area contributed by atoms with Gasteiger partial charge in [-0.3, -0.25) is 10.1 Å². The van der Waals surface area contributed by atoms with E-state index in [4.69, 9.17) is 14.6 Å². The lowest BCUT2D eigenvalue weighted by atomic mass is 10.2. The molecule has 0 spiro atoms. The van der Waals surface area contributed by atoms with Crippen molar-refractivity contribution in [2.45, 2.75) is 0 Å². The Morgan fingerprint density at radius 1 is 1.50 bits per heavy atom. The van der Waals surface area contributed by atoms with E-state index in [2.05, 4.69) is 10.3 Å². The predicted octanol–water partition coefficient (Wildman–Crippen LogP) is 0.763. The van der Waals surface area contributed by atoms with E-state index in [9.17, 15) is 14.9 Å². The van der Waals surface area contributed by atoms with E-state index in [1.807, 2.05) is 0 Å². The quantitative estimate of drug-likeness (QED) is 0.387. The molecule has 2 N–H and O–H groups in total. The van der Waals surface area contributed by atoms with Gasteiger partial charge >= 0.3 is 11.7 Å². The van der Waals surface area contributed by atoms with Crippen molar-refractivity contribution in [2.24, 2.45) is 0 Å². The van der Waals surface area contributed by atoms with Crippen LogP contribution in [0.25, 0.3) is 0 Å². The number of hydrogen-bond donors (Lipinski definition) is 2. The van der Waals surface area contributed by atoms with Crippen LogP contribution < -0.4 is 5.32 Å². The summed E-state index contributed by atoms with van der Waals surface area (Å²) in [5.74, 6) is -1.14. The summed E-state index contributed by atoms with van der Waals surface area (Å²) in [6.45, 7) is 1.71. The number of nitrogens with zero attached hydrogens (tertiary/aromatic N) is 2. The molecule has 0 radical (unpaired) electrons. The summed E-state index contributed by atoms with van der Waals surface area (Å²) in [4.78, 5) is 24.6. The zero-order valence-corrected chi connectivity index (χ0v) is 10.9. The second-order valence-corrected chi connectivity index (χ2v) is 3.68. The van der Waals surface area contributed by atoms with Crippen LogP contribution in [-0.2, 0) is 9.47 Å². The summed E-state index contributed by atoms with van der Waals surface area (Å²) in [7, 11) is 1.57. The van der Waals surface area contributed by atoms with E-state index < -0.39 is 22.1 Å². The highest BCUT2D eigenvalue weighted by Crippen LogP contribution is 2.19. The van der Waals surface area contributed by atoms with Crippen LogP contribution in [0.2, 0.25) is 0 Å². The molecule has 1 rings (SSSR count). The Morgan fingerprint density at radius 3 is 2.85 bits per heavy atom. The minimum Gasteiger partial charge on any atom is -0.477 e. The van der Waals surface area contributed by atoms with Crippen molar-refractivity contribution in [3.63, 3.8) is 0 Å². The van der Waals surface area contributed by atoms with Gasteiger partial charge < -0.3 is 19.9 Å². The number of ether oxygens (including phenoxy) is 2. The molecule has 0 saturated carbocycles. The first kappa shape index (κ1) is 15.8. The second-order valence-electron chi connectivity index (χ2n) is 3.68. The van der Waals surface area contributed by atoms with Crippen LogP contribution in [0, 0.1) is 10.1 Å². The maximum Gasteiger partial charge on any atom is 0.342 e. The molecule has 0 fully saturated rings. The second kappa shape index (κ2) is 8.02. The first-order chi connectivity index (χ1) is 9.56. The van der Waals surface area contributed by atoms with Gasteiger partial charge in [0.2, 0.25) is 0 Å². The molecule has 110 valence electrons. The number of aromatic nitrogens is 1. The SMILES string of the molecule is COCCOCCNc1cc(C(=O)O)c([N+](=O)[O-])cn1. The Labute approximate surface area is 114 Å². The molecule has 0 amide bonds. The Morgan fingerprint density at radius 2 is 2.25 bits per heavy atom. The molecule has 1 aromatic heterocycles. The van der Waals surface area contributed by atoms with Gasteiger partial charge in [-0.2, -0.15) is 0 Å². The topological polar surface area (TPSA) is 124 Å². The van der Waals surface area contributed by atoms with Crippen LogP contribution in [0.5, 0.6) is 0 Å². The molecule has 1 aromatic rings. The number of methoxy groups -OCH3 is 1. The highest BCUT2D eigenvalue weighted by atomic mass is 16.6. The fourth-order valence-electron chi connectivity index (χ4n) is 1.36. The summed E-state index contributed by atoms with van der Waals surface area (Å²) in [5.41, 5.74) is -0.952. The van der Waals surface area contributed by atoms with Crippen LogP contribution in [0.1, 0.15) is 10.4 Å². The van der Waals surface area contributed by atoms with Gasteiger partial charge in [0.15, 0.2) is 0 Å². The fraction of sp³-hybridized carbons (Fsp3) is 0.455. The molecular formula is C11H15N3O6. The fourth-order valence-corrected chi connectivity index (χ4v) is 1.36. The van der Waals surface area contributed by atoms with Crippen molar-refractivity contribution in [3.8, 4) is 0 Å². The standard InChI is InChI=1S/C11H15N3O6/c1-19-4-5-20-3-2-12-10-6-8(11(15)16)9(7-13-10)14(17)18/h6-7H,2-5H2,1H3,(H,12,13)(H,15,16). The average molecular weight is 285 g/mol. The van der Waals surface area contributed by atoms with E-state index in [1.54, 1.807) is 7.11 Å². The summed E-state index contributed by atoms with van der Waals surface area (Å²) in [6.07, 6.45) is 0.914. The number of anilines is 1. The maximum atomic E-state index is 10.9. The number of carboxylic acid groups (broad SMARTS) is 1. The Kier molecular flexibility index (Phi) is 6.33. The van der Waals surface area contributed by atoms with Gasteiger partial charge in [-0.25, -0.2) is 9.78 Å². The van der Waals surface area contributed by atoms with Crippen LogP contribution in [0.4, 0.5) is 11.5 Å². The Bertz CT molecular complexity index is 479. The van der Waals surface area contributed by atoms with Crippen LogP contribution in [0.15, 0.2) is 12.3 Å². The molecular weight excluding hydrogens is 270 g/mol. The van der Waals surface area contributed by atoms with Crippen molar-refractivity contribution in [1.29, 1.82) is 0 Å². The van der Waals surface area contributed by atoms with Crippen molar-refractivity contribution in [2.75, 3.05) is 38.8 Å². The first-order valence-corrected chi connectivity index (χ1v) is 5.74. The van der Waals surface area contributed by atoms with Gasteiger partial charge in [0.1, 0.15) is 17.6 Å². The number of hydrogen-bond acceptors (Lipinski definition) is 7. The third kappa shape index (κ3) is 4.78. The minimum absolute atomic E-state index is 0.239. The summed E-state index contributed by atoms with van der Waals surface area (Å²) >= 11 is 0. The molecule has 0 aliphatic rings. The smallest absolute Gasteiger partial charge is 0.342 e. The monoisotopic (exact) mass is 285 g/mol. The lowest BCUT2D eigenvalue weighted by Crippen LogP contribution is -2.13. The molecule has 0 unspecified atom stereocenters. The molecule has 0 aliphatic carbocycles. The van der Waals surface area contributed by atoms with Crippen LogP contribution in [-0.4, -0.2) is 54.5 Å². The number of pyridine rings is 1. The molecule has 0 aromatic carbocycles. The number of nitrogens with one attached hydrogen (secondary N) is 1. The van der Waals surface area contributed by atoms with E-state index in [0.29, 0.717) is 26.4 Å². The molecule has 9 heteroatoms. The zero-order chi connectivity index (χ0) is 15.0. The zero-order valence-electron chi connectivity index (χ0n) is 10.9. The number of carboxylic acids is 1. The van der Waals surface area contributed by atoms with E-state index in [1.165, 1.54) is 0 Å². The van der Waals surface area contributed by atoms with Gasteiger partial charge in [-0.05, 0) is 0 Å². The molecule has 20 heavy (non-hydrogen) atoms. The van der Waals surface area contributed by atoms with E-state index in [-0.39, 0.29) is 5.82 Å². The highest BCUT2D eigenvalue weighted by molar-refractivity contribution is 5.93. The summed E-state index contributed by atoms with van der Waals surface area (Å²) in [6, 6.07) is 1.12. The molecule has 0 bridgehead atoms. The average Bonchev–Trinajstić information content (AvgIpc) is 2.42. The van der Waals surface area contributed by atoms with Gasteiger partial charge in [0, 0.05) is 19.7 Å².